The first-order valence-electron chi connectivity index (χ1n) is 9.82. The van der Waals surface area contributed by atoms with E-state index in [2.05, 4.69) is 37.9 Å². The molecule has 3 rings (SSSR count). The molecule has 1 aliphatic rings. The molecule has 1 aromatic heterocycles. The van der Waals surface area contributed by atoms with Gasteiger partial charge in [-0.15, -0.1) is 0 Å². The minimum Gasteiger partial charge on any atom is -0.370 e. The Labute approximate surface area is 167 Å². The summed E-state index contributed by atoms with van der Waals surface area (Å²) in [6.07, 6.45) is 2.46. The van der Waals surface area contributed by atoms with Crippen LogP contribution in [-0.4, -0.2) is 47.6 Å². The van der Waals surface area contributed by atoms with Gasteiger partial charge in [0, 0.05) is 30.5 Å². The van der Waals surface area contributed by atoms with Gasteiger partial charge in [0.05, 0.1) is 0 Å². The number of urea groups is 1. The van der Waals surface area contributed by atoms with Gasteiger partial charge in [0.15, 0.2) is 0 Å². The number of anilines is 3. The molecular formula is C21H30N6O. The van der Waals surface area contributed by atoms with E-state index in [9.17, 15) is 4.79 Å². The lowest BCUT2D eigenvalue weighted by atomic mass is 9.98. The van der Waals surface area contributed by atoms with E-state index in [4.69, 9.17) is 0 Å². The van der Waals surface area contributed by atoms with E-state index in [-0.39, 0.29) is 6.03 Å². The summed E-state index contributed by atoms with van der Waals surface area (Å²) in [5.41, 5.74) is 3.87. The molecular weight excluding hydrogens is 352 g/mol. The highest BCUT2D eigenvalue weighted by molar-refractivity contribution is 5.98. The highest BCUT2D eigenvalue weighted by Gasteiger charge is 2.17. The van der Waals surface area contributed by atoms with Crippen LogP contribution in [0.25, 0.3) is 0 Å². The van der Waals surface area contributed by atoms with Crippen LogP contribution in [0.15, 0.2) is 24.3 Å². The minimum absolute atomic E-state index is 0.296. The van der Waals surface area contributed by atoms with Crippen molar-refractivity contribution in [3.63, 3.8) is 0 Å². The van der Waals surface area contributed by atoms with Crippen LogP contribution >= 0.6 is 0 Å². The lowest BCUT2D eigenvalue weighted by Gasteiger charge is -2.29. The van der Waals surface area contributed by atoms with E-state index in [0.29, 0.717) is 11.9 Å². The molecule has 1 unspecified atom stereocenters. The lowest BCUT2D eigenvalue weighted by molar-refractivity contribution is 0.217. The number of carbonyl (C=O) groups is 1. The number of nitrogens with zero attached hydrogens (tertiary/aromatic N) is 3. The summed E-state index contributed by atoms with van der Waals surface area (Å²) in [4.78, 5) is 23.4. The van der Waals surface area contributed by atoms with Crippen molar-refractivity contribution in [3.8, 4) is 0 Å². The first-order chi connectivity index (χ1) is 13.4. The number of nitrogens with one attached hydrogen (secondary N) is 3. The average Bonchev–Trinajstić information content (AvgIpc) is 2.63. The zero-order valence-corrected chi connectivity index (χ0v) is 17.2. The maximum absolute atomic E-state index is 12.3. The van der Waals surface area contributed by atoms with Gasteiger partial charge in [-0.3, -0.25) is 5.32 Å². The highest BCUT2D eigenvalue weighted by atomic mass is 16.2. The van der Waals surface area contributed by atoms with Crippen LogP contribution in [-0.2, 0) is 0 Å². The van der Waals surface area contributed by atoms with Gasteiger partial charge >= 0.3 is 6.03 Å². The fourth-order valence-electron chi connectivity index (χ4n) is 3.49. The fraction of sp³-hybridized carbons (Fsp3) is 0.476. The van der Waals surface area contributed by atoms with Gasteiger partial charge in [-0.2, -0.15) is 4.98 Å². The number of benzene rings is 1. The van der Waals surface area contributed by atoms with Crippen molar-refractivity contribution < 1.29 is 4.79 Å². The maximum atomic E-state index is 12.3. The van der Waals surface area contributed by atoms with E-state index in [1.165, 1.54) is 24.9 Å². The van der Waals surface area contributed by atoms with Crippen LogP contribution in [0.4, 0.5) is 22.2 Å². The summed E-state index contributed by atoms with van der Waals surface area (Å²) < 4.78 is 0. The van der Waals surface area contributed by atoms with Crippen LogP contribution in [0, 0.1) is 26.7 Å². The highest BCUT2D eigenvalue weighted by Crippen LogP contribution is 2.17. The van der Waals surface area contributed by atoms with E-state index >= 15 is 0 Å². The molecule has 1 saturated heterocycles. The molecule has 1 atom stereocenters. The Morgan fingerprint density at radius 2 is 1.96 bits per heavy atom. The maximum Gasteiger partial charge on any atom is 0.326 e. The van der Waals surface area contributed by atoms with Crippen molar-refractivity contribution >= 4 is 23.5 Å². The van der Waals surface area contributed by atoms with Gasteiger partial charge in [-0.05, 0) is 76.4 Å². The Kier molecular flexibility index (Phi) is 6.46. The summed E-state index contributed by atoms with van der Waals surface area (Å²) in [6.45, 7) is 9.10. The molecule has 3 N–H and O–H groups in total. The summed E-state index contributed by atoms with van der Waals surface area (Å²) in [7, 11) is 2.16. The minimum atomic E-state index is -0.353. The van der Waals surface area contributed by atoms with E-state index in [0.717, 1.165) is 35.9 Å². The molecule has 2 amide bonds. The number of likely N-dealkylation sites (tertiary alicyclic amines) is 1. The molecule has 1 aliphatic heterocycles. The standard InChI is InChI=1S/C21H30N6O/c1-14-7-8-18(10-15(14)2)24-21(28)26-20-23-16(3)11-19(25-20)22-12-17-6-5-9-27(4)13-17/h7-8,10-11,17H,5-6,9,12-13H2,1-4H3,(H3,22,23,24,25,26,28). The van der Waals surface area contributed by atoms with Crippen LogP contribution < -0.4 is 16.0 Å². The molecule has 2 aromatic rings. The van der Waals surface area contributed by atoms with Crippen molar-refractivity contribution in [1.29, 1.82) is 0 Å². The average molecular weight is 383 g/mol. The van der Waals surface area contributed by atoms with E-state index in [1.807, 2.05) is 45.0 Å². The number of amides is 2. The van der Waals surface area contributed by atoms with Crippen LogP contribution in [0.2, 0.25) is 0 Å². The molecule has 150 valence electrons. The van der Waals surface area contributed by atoms with Gasteiger partial charge in [0.25, 0.3) is 0 Å². The molecule has 1 aromatic carbocycles. The molecule has 0 bridgehead atoms. The van der Waals surface area contributed by atoms with Gasteiger partial charge in [-0.25, -0.2) is 9.78 Å². The van der Waals surface area contributed by atoms with Gasteiger partial charge in [0.2, 0.25) is 5.95 Å². The lowest BCUT2D eigenvalue weighted by Crippen LogP contribution is -2.35. The summed E-state index contributed by atoms with van der Waals surface area (Å²) >= 11 is 0. The van der Waals surface area contributed by atoms with Crippen LogP contribution in [0.3, 0.4) is 0 Å². The summed E-state index contributed by atoms with van der Waals surface area (Å²) in [5.74, 6) is 1.64. The smallest absolute Gasteiger partial charge is 0.326 e. The Morgan fingerprint density at radius 3 is 2.71 bits per heavy atom. The van der Waals surface area contributed by atoms with Crippen LogP contribution in [0.1, 0.15) is 29.7 Å². The zero-order chi connectivity index (χ0) is 20.1. The predicted octanol–water partition coefficient (Wildman–Crippen LogP) is 3.80. The topological polar surface area (TPSA) is 82.2 Å². The Balaban J connectivity index is 1.59. The molecule has 28 heavy (non-hydrogen) atoms. The molecule has 0 radical (unpaired) electrons. The number of aryl methyl sites for hydroxylation is 3. The summed E-state index contributed by atoms with van der Waals surface area (Å²) in [5, 5.41) is 8.96. The second-order valence-corrected chi connectivity index (χ2v) is 7.75. The number of hydrogen-bond donors (Lipinski definition) is 3. The van der Waals surface area contributed by atoms with Crippen molar-refractivity contribution in [1.82, 2.24) is 14.9 Å². The monoisotopic (exact) mass is 382 g/mol. The normalized spacial score (nSPS) is 17.2. The van der Waals surface area contributed by atoms with Crippen LogP contribution in [0.5, 0.6) is 0 Å². The molecule has 2 heterocycles. The summed E-state index contributed by atoms with van der Waals surface area (Å²) in [6, 6.07) is 7.36. The Hall–Kier alpha value is -2.67. The first-order valence-corrected chi connectivity index (χ1v) is 9.82. The molecule has 7 heteroatoms. The third-order valence-corrected chi connectivity index (χ3v) is 5.14. The largest absolute Gasteiger partial charge is 0.370 e. The molecule has 7 nitrogen and oxygen atoms in total. The number of aromatic nitrogens is 2. The van der Waals surface area contributed by atoms with Crippen molar-refractivity contribution in [2.45, 2.75) is 33.6 Å². The van der Waals surface area contributed by atoms with Crippen molar-refractivity contribution in [3.05, 3.63) is 41.1 Å². The third kappa shape index (κ3) is 5.66. The second kappa shape index (κ2) is 9.01. The number of hydrogen-bond acceptors (Lipinski definition) is 5. The Bertz CT molecular complexity index is 838. The first kappa shape index (κ1) is 20.1. The van der Waals surface area contributed by atoms with Gasteiger partial charge in [-0.1, -0.05) is 6.07 Å². The quantitative estimate of drug-likeness (QED) is 0.733. The molecule has 0 spiro atoms. The number of piperidine rings is 1. The fourth-order valence-corrected chi connectivity index (χ4v) is 3.49. The second-order valence-electron chi connectivity index (χ2n) is 7.75. The van der Waals surface area contributed by atoms with Gasteiger partial charge < -0.3 is 15.5 Å². The van der Waals surface area contributed by atoms with E-state index < -0.39 is 0 Å². The van der Waals surface area contributed by atoms with Crippen molar-refractivity contribution in [2.75, 3.05) is 42.6 Å². The zero-order valence-electron chi connectivity index (χ0n) is 17.2. The van der Waals surface area contributed by atoms with Crippen molar-refractivity contribution in [2.24, 2.45) is 5.92 Å². The molecule has 0 aliphatic carbocycles. The number of carbonyl (C=O) groups excluding carboxylic acids is 1. The Morgan fingerprint density at radius 1 is 1.14 bits per heavy atom. The SMILES string of the molecule is Cc1cc(NCC2CCCN(C)C2)nc(NC(=O)Nc2ccc(C)c(C)c2)n1. The van der Waals surface area contributed by atoms with Gasteiger partial charge in [0.1, 0.15) is 5.82 Å². The molecule has 1 fully saturated rings. The molecule has 0 saturated carbocycles. The third-order valence-electron chi connectivity index (χ3n) is 5.14. The number of rotatable bonds is 5. The predicted molar refractivity (Wildman–Crippen MR) is 114 cm³/mol. The van der Waals surface area contributed by atoms with E-state index in [1.54, 1.807) is 0 Å².